The van der Waals surface area contributed by atoms with E-state index in [2.05, 4.69) is 9.97 Å². The molecule has 1 atom stereocenters. The topological polar surface area (TPSA) is 83.5 Å². The quantitative estimate of drug-likeness (QED) is 0.676. The Morgan fingerprint density at radius 2 is 2.23 bits per heavy atom. The molecular weight excluding hydrogens is 440 g/mol. The van der Waals surface area contributed by atoms with E-state index in [4.69, 9.17) is 0 Å². The highest BCUT2D eigenvalue weighted by Gasteiger charge is 2.36. The summed E-state index contributed by atoms with van der Waals surface area (Å²) in [7, 11) is -3.27. The number of nitrogens with zero attached hydrogens (tertiary/aromatic N) is 4. The third-order valence-corrected chi connectivity index (χ3v) is 9.07. The monoisotopic (exact) mass is 464 g/mol. The fraction of sp³-hybridized carbons (Fsp3) is 0.450. The Balaban J connectivity index is 1.49. The van der Waals surface area contributed by atoms with Crippen LogP contribution in [0, 0.1) is 5.92 Å². The summed E-state index contributed by atoms with van der Waals surface area (Å²) in [5.41, 5.74) is 1.79. The van der Waals surface area contributed by atoms with E-state index in [-0.39, 0.29) is 24.1 Å². The molecule has 2 aromatic heterocycles. The Labute approximate surface area is 185 Å². The number of carbonyl (C=O) groups is 1. The average molecular weight is 465 g/mol. The number of amides is 1. The van der Waals surface area contributed by atoms with Crippen molar-refractivity contribution in [2.45, 2.75) is 19.8 Å². The predicted octanol–water partition coefficient (Wildman–Crippen LogP) is 3.14. The van der Waals surface area contributed by atoms with Gasteiger partial charge in [-0.05, 0) is 38.0 Å². The standard InChI is InChI=1S/C20H24N4O3S3/c1-2-30(26,27)23-8-4-6-16(13-23)20(25)24-9-10-28-18(24)11-17-14-29-19(22-17)15-5-3-7-21-12-15/h3,5,7,11-12,14,16H,2,4,6,8-10,13H2,1H3/b18-11+. The molecule has 0 aliphatic carbocycles. The van der Waals surface area contributed by atoms with Crippen molar-refractivity contribution in [1.29, 1.82) is 0 Å². The van der Waals surface area contributed by atoms with Gasteiger partial charge in [0, 0.05) is 48.7 Å². The van der Waals surface area contributed by atoms with Crippen molar-refractivity contribution in [3.8, 4) is 10.6 Å². The van der Waals surface area contributed by atoms with Crippen LogP contribution in [-0.2, 0) is 14.8 Å². The van der Waals surface area contributed by atoms with Gasteiger partial charge < -0.3 is 4.90 Å². The Bertz CT molecular complexity index is 1040. The number of thioether (sulfide) groups is 1. The molecule has 1 unspecified atom stereocenters. The maximum Gasteiger partial charge on any atom is 0.231 e. The SMILES string of the molecule is CCS(=O)(=O)N1CCCC(C(=O)N2CCS/C2=C/c2csc(-c3cccnc3)n2)C1. The van der Waals surface area contributed by atoms with E-state index in [9.17, 15) is 13.2 Å². The van der Waals surface area contributed by atoms with Crippen molar-refractivity contribution in [2.24, 2.45) is 5.92 Å². The van der Waals surface area contributed by atoms with E-state index in [1.165, 1.54) is 4.31 Å². The summed E-state index contributed by atoms with van der Waals surface area (Å²) in [6.45, 7) is 3.08. The first-order chi connectivity index (χ1) is 14.5. The van der Waals surface area contributed by atoms with Crippen LogP contribution in [0.3, 0.4) is 0 Å². The molecular formula is C20H24N4O3S3. The number of thiazole rings is 1. The number of rotatable bonds is 5. The molecule has 0 aromatic carbocycles. The number of carbonyl (C=O) groups excluding carboxylic acids is 1. The van der Waals surface area contributed by atoms with Crippen molar-refractivity contribution < 1.29 is 13.2 Å². The van der Waals surface area contributed by atoms with Crippen LogP contribution < -0.4 is 0 Å². The molecule has 1 amide bonds. The highest BCUT2D eigenvalue weighted by Crippen LogP contribution is 2.34. The van der Waals surface area contributed by atoms with Gasteiger partial charge in [-0.15, -0.1) is 23.1 Å². The first-order valence-electron chi connectivity index (χ1n) is 9.97. The summed E-state index contributed by atoms with van der Waals surface area (Å²) in [6.07, 6.45) is 6.92. The molecule has 7 nitrogen and oxygen atoms in total. The molecule has 2 saturated heterocycles. The second kappa shape index (κ2) is 9.17. The van der Waals surface area contributed by atoms with Gasteiger partial charge in [0.25, 0.3) is 0 Å². The largest absolute Gasteiger partial charge is 0.306 e. The van der Waals surface area contributed by atoms with Crippen LogP contribution in [0.15, 0.2) is 34.9 Å². The number of piperidine rings is 1. The van der Waals surface area contributed by atoms with Crippen molar-refractivity contribution >= 4 is 45.1 Å². The normalized spacial score (nSPS) is 22.0. The molecule has 2 aliphatic rings. The minimum absolute atomic E-state index is 0.0185. The van der Waals surface area contributed by atoms with Gasteiger partial charge in [0.05, 0.1) is 22.4 Å². The van der Waals surface area contributed by atoms with E-state index in [1.54, 1.807) is 47.3 Å². The van der Waals surface area contributed by atoms with Gasteiger partial charge in [0.15, 0.2) is 0 Å². The highest BCUT2D eigenvalue weighted by atomic mass is 32.2. The van der Waals surface area contributed by atoms with Gasteiger partial charge in [0.1, 0.15) is 5.01 Å². The third kappa shape index (κ3) is 4.61. The van der Waals surface area contributed by atoms with Crippen molar-refractivity contribution in [3.63, 3.8) is 0 Å². The molecule has 2 fully saturated rings. The predicted molar refractivity (Wildman–Crippen MR) is 121 cm³/mol. The molecule has 10 heteroatoms. The lowest BCUT2D eigenvalue weighted by Gasteiger charge is -2.33. The Morgan fingerprint density at radius 3 is 3.00 bits per heavy atom. The zero-order valence-corrected chi connectivity index (χ0v) is 19.2. The summed E-state index contributed by atoms with van der Waals surface area (Å²) < 4.78 is 26.0. The fourth-order valence-electron chi connectivity index (χ4n) is 3.67. The van der Waals surface area contributed by atoms with E-state index >= 15 is 0 Å². The number of aromatic nitrogens is 2. The molecule has 0 N–H and O–H groups in total. The zero-order valence-electron chi connectivity index (χ0n) is 16.7. The van der Waals surface area contributed by atoms with E-state index < -0.39 is 10.0 Å². The summed E-state index contributed by atoms with van der Waals surface area (Å²) in [5.74, 6) is 0.635. The minimum Gasteiger partial charge on any atom is -0.306 e. The Kier molecular flexibility index (Phi) is 6.57. The number of hydrogen-bond acceptors (Lipinski definition) is 7. The first-order valence-corrected chi connectivity index (χ1v) is 13.4. The molecule has 4 heterocycles. The van der Waals surface area contributed by atoms with Crippen LogP contribution in [0.5, 0.6) is 0 Å². The molecule has 30 heavy (non-hydrogen) atoms. The van der Waals surface area contributed by atoms with Crippen LogP contribution in [0.25, 0.3) is 16.6 Å². The van der Waals surface area contributed by atoms with Crippen LogP contribution in [-0.4, -0.2) is 64.6 Å². The van der Waals surface area contributed by atoms with Gasteiger partial charge in [-0.25, -0.2) is 17.7 Å². The van der Waals surface area contributed by atoms with Crippen molar-refractivity contribution in [3.05, 3.63) is 40.6 Å². The molecule has 4 rings (SSSR count). The van der Waals surface area contributed by atoms with Crippen molar-refractivity contribution in [2.75, 3.05) is 31.1 Å². The Morgan fingerprint density at radius 1 is 1.37 bits per heavy atom. The lowest BCUT2D eigenvalue weighted by Crippen LogP contribution is -2.46. The molecule has 0 saturated carbocycles. The molecule has 2 aromatic rings. The van der Waals surface area contributed by atoms with Gasteiger partial charge >= 0.3 is 0 Å². The maximum absolute atomic E-state index is 13.2. The van der Waals surface area contributed by atoms with Crippen LogP contribution in [0.2, 0.25) is 0 Å². The van der Waals surface area contributed by atoms with E-state index in [0.29, 0.717) is 13.1 Å². The molecule has 0 bridgehead atoms. The van der Waals surface area contributed by atoms with Gasteiger partial charge in [-0.1, -0.05) is 0 Å². The molecule has 0 spiro atoms. The summed E-state index contributed by atoms with van der Waals surface area (Å²) in [6, 6.07) is 3.86. The molecule has 0 radical (unpaired) electrons. The second-order valence-electron chi connectivity index (χ2n) is 7.24. The van der Waals surface area contributed by atoms with Gasteiger partial charge in [-0.3, -0.25) is 9.78 Å². The van der Waals surface area contributed by atoms with Crippen LogP contribution in [0.4, 0.5) is 0 Å². The van der Waals surface area contributed by atoms with Gasteiger partial charge in [-0.2, -0.15) is 0 Å². The molecule has 2 aliphatic heterocycles. The average Bonchev–Trinajstić information content (AvgIpc) is 3.44. The van der Waals surface area contributed by atoms with Gasteiger partial charge in [0.2, 0.25) is 15.9 Å². The number of sulfonamides is 1. The lowest BCUT2D eigenvalue weighted by molar-refractivity contribution is -0.133. The molecule has 160 valence electrons. The Hall–Kier alpha value is -1.75. The number of hydrogen-bond donors (Lipinski definition) is 0. The summed E-state index contributed by atoms with van der Waals surface area (Å²) in [4.78, 5) is 23.8. The van der Waals surface area contributed by atoms with E-state index in [1.807, 2.05) is 23.6 Å². The smallest absolute Gasteiger partial charge is 0.231 e. The van der Waals surface area contributed by atoms with Crippen LogP contribution >= 0.6 is 23.1 Å². The minimum atomic E-state index is -3.27. The third-order valence-electron chi connectivity index (χ3n) is 5.29. The highest BCUT2D eigenvalue weighted by molar-refractivity contribution is 8.03. The second-order valence-corrected chi connectivity index (χ2v) is 11.5. The fourth-order valence-corrected chi connectivity index (χ4v) is 6.64. The van der Waals surface area contributed by atoms with Crippen molar-refractivity contribution in [1.82, 2.24) is 19.2 Å². The lowest BCUT2D eigenvalue weighted by atomic mass is 9.98. The number of pyridine rings is 1. The summed E-state index contributed by atoms with van der Waals surface area (Å²) in [5, 5.41) is 3.76. The van der Waals surface area contributed by atoms with Crippen LogP contribution in [0.1, 0.15) is 25.5 Å². The maximum atomic E-state index is 13.2. The zero-order chi connectivity index (χ0) is 21.1. The summed E-state index contributed by atoms with van der Waals surface area (Å²) >= 11 is 3.19. The van der Waals surface area contributed by atoms with E-state index in [0.717, 1.165) is 39.9 Å². The first kappa shape index (κ1) is 21.5.